The zero-order valence-electron chi connectivity index (χ0n) is 11.9. The molecule has 1 fully saturated rings. The van der Waals surface area contributed by atoms with Crippen molar-refractivity contribution >= 4 is 0 Å². The molecule has 0 amide bonds. The van der Waals surface area contributed by atoms with Crippen molar-refractivity contribution in [2.75, 3.05) is 13.2 Å². The van der Waals surface area contributed by atoms with Crippen molar-refractivity contribution in [3.05, 3.63) is 35.4 Å². The number of hydrogen-bond acceptors (Lipinski definition) is 2. The first kappa shape index (κ1) is 13.6. The lowest BCUT2D eigenvalue weighted by molar-refractivity contribution is -0.00711. The Kier molecular flexibility index (Phi) is 4.41. The number of ether oxygens (including phenoxy) is 1. The maximum Gasteiger partial charge on any atom is 0.0950 e. The van der Waals surface area contributed by atoms with Gasteiger partial charge in [0.25, 0.3) is 0 Å². The molecule has 0 bridgehead atoms. The van der Waals surface area contributed by atoms with Gasteiger partial charge in [0.05, 0.1) is 12.7 Å². The van der Waals surface area contributed by atoms with Crippen molar-refractivity contribution < 1.29 is 4.74 Å². The van der Waals surface area contributed by atoms with Crippen LogP contribution in [0.25, 0.3) is 0 Å². The number of nitrogens with one attached hydrogen (secondary N) is 1. The fourth-order valence-corrected chi connectivity index (χ4v) is 2.33. The molecule has 1 aliphatic rings. The monoisotopic (exact) mass is 247 g/mol. The summed E-state index contributed by atoms with van der Waals surface area (Å²) in [6.07, 6.45) is 0.209. The summed E-state index contributed by atoms with van der Waals surface area (Å²) in [5.74, 6) is 1.23. The Morgan fingerprint density at radius 1 is 1.11 bits per heavy atom. The molecule has 1 aliphatic heterocycles. The van der Waals surface area contributed by atoms with Crippen LogP contribution in [0.2, 0.25) is 0 Å². The molecule has 0 saturated carbocycles. The van der Waals surface area contributed by atoms with Gasteiger partial charge in [-0.1, -0.05) is 52.0 Å². The van der Waals surface area contributed by atoms with Gasteiger partial charge in [-0.25, -0.2) is 0 Å². The van der Waals surface area contributed by atoms with E-state index in [9.17, 15) is 0 Å². The third-order valence-corrected chi connectivity index (χ3v) is 3.82. The minimum Gasteiger partial charge on any atom is -0.371 e. The van der Waals surface area contributed by atoms with Crippen LogP contribution < -0.4 is 5.32 Å². The molecule has 1 heterocycles. The van der Waals surface area contributed by atoms with E-state index >= 15 is 0 Å². The van der Waals surface area contributed by atoms with E-state index in [0.717, 1.165) is 13.2 Å². The summed E-state index contributed by atoms with van der Waals surface area (Å²) < 4.78 is 5.98. The maximum absolute atomic E-state index is 5.98. The van der Waals surface area contributed by atoms with Gasteiger partial charge in [0.15, 0.2) is 0 Å². The van der Waals surface area contributed by atoms with Gasteiger partial charge in [0.1, 0.15) is 0 Å². The van der Waals surface area contributed by atoms with Crippen LogP contribution in [0, 0.1) is 5.92 Å². The van der Waals surface area contributed by atoms with E-state index in [1.54, 1.807) is 0 Å². The quantitative estimate of drug-likeness (QED) is 0.882. The van der Waals surface area contributed by atoms with Gasteiger partial charge in [-0.2, -0.15) is 0 Å². The molecular weight excluding hydrogens is 222 g/mol. The molecule has 18 heavy (non-hydrogen) atoms. The molecule has 1 aromatic rings. The molecule has 0 aromatic heterocycles. The Bertz CT molecular complexity index is 361. The van der Waals surface area contributed by atoms with E-state index in [1.807, 2.05) is 0 Å². The van der Waals surface area contributed by atoms with E-state index in [-0.39, 0.29) is 6.10 Å². The Morgan fingerprint density at radius 3 is 2.22 bits per heavy atom. The fourth-order valence-electron chi connectivity index (χ4n) is 2.33. The first-order valence-corrected chi connectivity index (χ1v) is 7.02. The SMILES string of the molecule is CC(C)c1ccc(C2CNC(C(C)C)CO2)cc1. The lowest BCUT2D eigenvalue weighted by atomic mass is 9.98. The van der Waals surface area contributed by atoms with Crippen LogP contribution in [0.5, 0.6) is 0 Å². The molecule has 1 saturated heterocycles. The van der Waals surface area contributed by atoms with Crippen LogP contribution in [-0.2, 0) is 4.74 Å². The summed E-state index contributed by atoms with van der Waals surface area (Å²) in [5, 5.41) is 3.58. The predicted molar refractivity (Wildman–Crippen MR) is 75.9 cm³/mol. The normalized spacial score (nSPS) is 24.8. The number of rotatable bonds is 3. The van der Waals surface area contributed by atoms with Crippen LogP contribution >= 0.6 is 0 Å². The minimum atomic E-state index is 0.209. The molecule has 1 aromatic carbocycles. The van der Waals surface area contributed by atoms with E-state index in [4.69, 9.17) is 4.74 Å². The Balaban J connectivity index is 1.97. The van der Waals surface area contributed by atoms with Crippen molar-refractivity contribution in [2.24, 2.45) is 5.92 Å². The molecular formula is C16H25NO. The van der Waals surface area contributed by atoms with Crippen LogP contribution in [-0.4, -0.2) is 19.2 Å². The first-order valence-electron chi connectivity index (χ1n) is 7.02. The molecule has 100 valence electrons. The molecule has 1 N–H and O–H groups in total. The van der Waals surface area contributed by atoms with Gasteiger partial charge < -0.3 is 10.1 Å². The van der Waals surface area contributed by atoms with Gasteiger partial charge in [-0.05, 0) is 23.0 Å². The zero-order valence-corrected chi connectivity index (χ0v) is 11.9. The van der Waals surface area contributed by atoms with Crippen molar-refractivity contribution in [1.29, 1.82) is 0 Å². The lowest BCUT2D eigenvalue weighted by Crippen LogP contribution is -2.45. The second-order valence-corrected chi connectivity index (χ2v) is 5.90. The molecule has 2 rings (SSSR count). The topological polar surface area (TPSA) is 21.3 Å². The minimum absolute atomic E-state index is 0.209. The van der Waals surface area contributed by atoms with Crippen LogP contribution in [0.1, 0.15) is 50.8 Å². The molecule has 2 nitrogen and oxygen atoms in total. The molecule has 2 heteroatoms. The highest BCUT2D eigenvalue weighted by atomic mass is 16.5. The smallest absolute Gasteiger partial charge is 0.0950 e. The van der Waals surface area contributed by atoms with E-state index < -0.39 is 0 Å². The van der Waals surface area contributed by atoms with Crippen molar-refractivity contribution in [3.63, 3.8) is 0 Å². The van der Waals surface area contributed by atoms with Crippen LogP contribution in [0.4, 0.5) is 0 Å². The average Bonchev–Trinajstić information content (AvgIpc) is 2.39. The van der Waals surface area contributed by atoms with Gasteiger partial charge in [0, 0.05) is 12.6 Å². The van der Waals surface area contributed by atoms with Crippen molar-refractivity contribution in [1.82, 2.24) is 5.32 Å². The van der Waals surface area contributed by atoms with E-state index in [1.165, 1.54) is 11.1 Å². The summed E-state index contributed by atoms with van der Waals surface area (Å²) >= 11 is 0. The number of morpholine rings is 1. The van der Waals surface area contributed by atoms with Crippen molar-refractivity contribution in [3.8, 4) is 0 Å². The maximum atomic E-state index is 5.98. The number of hydrogen-bond donors (Lipinski definition) is 1. The largest absolute Gasteiger partial charge is 0.371 e. The van der Waals surface area contributed by atoms with Gasteiger partial charge in [0.2, 0.25) is 0 Å². The van der Waals surface area contributed by atoms with Crippen LogP contribution in [0.15, 0.2) is 24.3 Å². The molecule has 0 spiro atoms. The number of benzene rings is 1. The highest BCUT2D eigenvalue weighted by Gasteiger charge is 2.23. The van der Waals surface area contributed by atoms with E-state index in [2.05, 4.69) is 57.3 Å². The average molecular weight is 247 g/mol. The third kappa shape index (κ3) is 3.12. The molecule has 0 aliphatic carbocycles. The van der Waals surface area contributed by atoms with Crippen molar-refractivity contribution in [2.45, 2.75) is 45.8 Å². The predicted octanol–water partition coefficient (Wildman–Crippen LogP) is 3.50. The Labute approximate surface area is 111 Å². The summed E-state index contributed by atoms with van der Waals surface area (Å²) in [7, 11) is 0. The molecule has 2 unspecified atom stereocenters. The van der Waals surface area contributed by atoms with Crippen LogP contribution in [0.3, 0.4) is 0 Å². The second-order valence-electron chi connectivity index (χ2n) is 5.90. The summed E-state index contributed by atoms with van der Waals surface area (Å²) in [6, 6.07) is 9.35. The Hall–Kier alpha value is -0.860. The molecule has 0 radical (unpaired) electrons. The second kappa shape index (κ2) is 5.85. The summed E-state index contributed by atoms with van der Waals surface area (Å²) in [5.41, 5.74) is 2.68. The van der Waals surface area contributed by atoms with Gasteiger partial charge in [-0.15, -0.1) is 0 Å². The Morgan fingerprint density at radius 2 is 1.78 bits per heavy atom. The first-order chi connectivity index (χ1) is 8.58. The zero-order chi connectivity index (χ0) is 13.1. The molecule has 2 atom stereocenters. The highest BCUT2D eigenvalue weighted by Crippen LogP contribution is 2.24. The summed E-state index contributed by atoms with van der Waals surface area (Å²) in [4.78, 5) is 0. The standard InChI is InChI=1S/C16H25NO/c1-11(2)13-5-7-14(8-6-13)16-9-17-15(10-18-16)12(3)4/h5-8,11-12,15-17H,9-10H2,1-4H3. The fraction of sp³-hybridized carbons (Fsp3) is 0.625. The van der Waals surface area contributed by atoms with Gasteiger partial charge in [-0.3, -0.25) is 0 Å². The third-order valence-electron chi connectivity index (χ3n) is 3.82. The van der Waals surface area contributed by atoms with Gasteiger partial charge >= 0.3 is 0 Å². The highest BCUT2D eigenvalue weighted by molar-refractivity contribution is 5.26. The lowest BCUT2D eigenvalue weighted by Gasteiger charge is -2.32. The summed E-state index contributed by atoms with van der Waals surface area (Å²) in [6.45, 7) is 10.7. The van der Waals surface area contributed by atoms with E-state index in [0.29, 0.717) is 17.9 Å².